The first-order chi connectivity index (χ1) is 12.0. The fourth-order valence-electron chi connectivity index (χ4n) is 2.41. The molecule has 2 aromatic carbocycles. The van der Waals surface area contributed by atoms with E-state index < -0.39 is 11.9 Å². The molecule has 0 aliphatic rings. The van der Waals surface area contributed by atoms with Crippen molar-refractivity contribution in [2.24, 2.45) is 0 Å². The van der Waals surface area contributed by atoms with Crippen LogP contribution in [0.3, 0.4) is 0 Å². The fourth-order valence-corrected chi connectivity index (χ4v) is 2.41. The third-order valence-corrected chi connectivity index (χ3v) is 3.78. The second kappa shape index (κ2) is 8.87. The summed E-state index contributed by atoms with van der Waals surface area (Å²) in [5, 5.41) is 8.90. The highest BCUT2D eigenvalue weighted by atomic mass is 16.5. The number of esters is 1. The number of carboxylic acids is 1. The van der Waals surface area contributed by atoms with E-state index in [9.17, 15) is 9.59 Å². The molecular formula is C20H22O5. The molecular weight excluding hydrogens is 320 g/mol. The highest BCUT2D eigenvalue weighted by molar-refractivity contribution is 5.94. The summed E-state index contributed by atoms with van der Waals surface area (Å²) >= 11 is 0. The first-order valence-electron chi connectivity index (χ1n) is 8.36. The van der Waals surface area contributed by atoms with Crippen molar-refractivity contribution in [3.63, 3.8) is 0 Å². The molecule has 1 N–H and O–H groups in total. The lowest BCUT2D eigenvalue weighted by Crippen LogP contribution is -2.18. The topological polar surface area (TPSA) is 72.8 Å². The highest BCUT2D eigenvalue weighted by Gasteiger charge is 2.17. The lowest BCUT2D eigenvalue weighted by molar-refractivity contribution is 0.0696. The van der Waals surface area contributed by atoms with Crippen molar-refractivity contribution < 1.29 is 24.2 Å². The van der Waals surface area contributed by atoms with Crippen LogP contribution in [0.25, 0.3) is 0 Å². The zero-order valence-corrected chi connectivity index (χ0v) is 14.4. The summed E-state index contributed by atoms with van der Waals surface area (Å²) in [6, 6.07) is 12.7. The van der Waals surface area contributed by atoms with Gasteiger partial charge in [0.1, 0.15) is 17.1 Å². The minimum atomic E-state index is -1.03. The number of carbonyl (C=O) groups excluding carboxylic acids is 1. The maximum atomic E-state index is 12.5. The van der Waals surface area contributed by atoms with Crippen molar-refractivity contribution in [2.45, 2.75) is 39.2 Å². The normalized spacial score (nSPS) is 11.6. The van der Waals surface area contributed by atoms with Gasteiger partial charge in [0, 0.05) is 0 Å². The molecule has 0 aliphatic heterocycles. The summed E-state index contributed by atoms with van der Waals surface area (Å²) in [5.74, 6) is -0.788. The second-order valence-electron chi connectivity index (χ2n) is 5.65. The Morgan fingerprint density at radius 3 is 2.32 bits per heavy atom. The summed E-state index contributed by atoms with van der Waals surface area (Å²) in [4.78, 5) is 23.3. The highest BCUT2D eigenvalue weighted by Crippen LogP contribution is 2.24. The van der Waals surface area contributed by atoms with Crippen LogP contribution >= 0.6 is 0 Å². The first kappa shape index (κ1) is 18.5. The molecule has 0 bridgehead atoms. The fraction of sp³-hybridized carbons (Fsp3) is 0.300. The second-order valence-corrected chi connectivity index (χ2v) is 5.65. The van der Waals surface area contributed by atoms with Crippen molar-refractivity contribution >= 4 is 11.9 Å². The van der Waals surface area contributed by atoms with Gasteiger partial charge in [0.05, 0.1) is 11.7 Å². The third-order valence-electron chi connectivity index (χ3n) is 3.78. The molecule has 0 amide bonds. The summed E-state index contributed by atoms with van der Waals surface area (Å²) in [7, 11) is 0. The average molecular weight is 342 g/mol. The number of hydrogen-bond donors (Lipinski definition) is 1. The molecule has 0 heterocycles. The number of ether oxygens (including phenoxy) is 2. The molecule has 0 fully saturated rings. The van der Waals surface area contributed by atoms with Crippen LogP contribution in [0, 0.1) is 0 Å². The molecule has 2 aromatic rings. The van der Waals surface area contributed by atoms with Crippen molar-refractivity contribution in [1.29, 1.82) is 0 Å². The van der Waals surface area contributed by atoms with Gasteiger partial charge in [0.25, 0.3) is 0 Å². The summed E-state index contributed by atoms with van der Waals surface area (Å²) in [6.45, 7) is 4.14. The van der Waals surface area contributed by atoms with Gasteiger partial charge in [0.15, 0.2) is 0 Å². The summed E-state index contributed by atoms with van der Waals surface area (Å²) in [5.41, 5.74) is 0.480. The zero-order chi connectivity index (χ0) is 18.2. The molecule has 0 aromatic heterocycles. The van der Waals surface area contributed by atoms with Gasteiger partial charge in [-0.05, 0) is 49.2 Å². The Hall–Kier alpha value is -2.82. The summed E-state index contributed by atoms with van der Waals surface area (Å²) < 4.78 is 11.3. The lowest BCUT2D eigenvalue weighted by atomic mass is 10.1. The number of carbonyl (C=O) groups is 2. The van der Waals surface area contributed by atoms with Gasteiger partial charge in [0.2, 0.25) is 0 Å². The molecule has 1 unspecified atom stereocenters. The molecule has 0 spiro atoms. The van der Waals surface area contributed by atoms with Gasteiger partial charge in [-0.3, -0.25) is 0 Å². The smallest absolute Gasteiger partial charge is 0.347 e. The maximum absolute atomic E-state index is 12.5. The van der Waals surface area contributed by atoms with E-state index >= 15 is 0 Å². The van der Waals surface area contributed by atoms with Gasteiger partial charge >= 0.3 is 11.9 Å². The van der Waals surface area contributed by atoms with Gasteiger partial charge in [-0.2, -0.15) is 0 Å². The Labute approximate surface area is 147 Å². The summed E-state index contributed by atoms with van der Waals surface area (Å²) in [6.07, 6.45) is 2.82. The number of para-hydroxylation sites is 1. The Morgan fingerprint density at radius 2 is 1.72 bits per heavy atom. The van der Waals surface area contributed by atoms with E-state index in [1.807, 2.05) is 13.0 Å². The van der Waals surface area contributed by atoms with Gasteiger partial charge in [-0.15, -0.1) is 0 Å². The molecule has 1 atom stereocenters. The lowest BCUT2D eigenvalue weighted by Gasteiger charge is -2.18. The van der Waals surface area contributed by atoms with Crippen LogP contribution < -0.4 is 9.47 Å². The minimum absolute atomic E-state index is 0.0498. The molecule has 0 radical (unpaired) electrons. The van der Waals surface area contributed by atoms with Crippen molar-refractivity contribution in [3.05, 3.63) is 59.7 Å². The van der Waals surface area contributed by atoms with Gasteiger partial charge in [-0.1, -0.05) is 32.4 Å². The molecule has 0 aliphatic carbocycles. The van der Waals surface area contributed by atoms with Crippen LogP contribution in [-0.4, -0.2) is 23.1 Å². The van der Waals surface area contributed by atoms with E-state index in [0.29, 0.717) is 11.3 Å². The molecule has 5 nitrogen and oxygen atoms in total. The predicted molar refractivity (Wildman–Crippen MR) is 94.4 cm³/mol. The van der Waals surface area contributed by atoms with E-state index in [2.05, 4.69) is 6.92 Å². The number of rotatable bonds is 8. The molecule has 2 rings (SSSR count). The quantitative estimate of drug-likeness (QED) is 0.562. The van der Waals surface area contributed by atoms with Crippen LogP contribution in [0.5, 0.6) is 11.5 Å². The van der Waals surface area contributed by atoms with Gasteiger partial charge < -0.3 is 14.6 Å². The molecule has 5 heteroatoms. The standard InChI is InChI=1S/C20H22O5/c1-3-7-15(4-2)24-18-9-6-5-8-17(18)20(23)25-16-12-10-14(11-13-16)19(21)22/h5-6,8-13,15H,3-4,7H2,1-2H3,(H,21,22). The van der Waals surface area contributed by atoms with Crippen LogP contribution in [-0.2, 0) is 0 Å². The van der Waals surface area contributed by atoms with Crippen molar-refractivity contribution in [1.82, 2.24) is 0 Å². The zero-order valence-electron chi connectivity index (χ0n) is 14.4. The van der Waals surface area contributed by atoms with Crippen molar-refractivity contribution in [3.8, 4) is 11.5 Å². The number of carboxylic acid groups (broad SMARTS) is 1. The van der Waals surface area contributed by atoms with Crippen LogP contribution in [0.1, 0.15) is 53.8 Å². The number of benzene rings is 2. The Bertz CT molecular complexity index is 721. The molecule has 0 saturated carbocycles. The number of aromatic carboxylic acids is 1. The third kappa shape index (κ3) is 5.08. The molecule has 0 saturated heterocycles. The minimum Gasteiger partial charge on any atom is -0.490 e. The van der Waals surface area contributed by atoms with E-state index in [1.54, 1.807) is 18.2 Å². The Morgan fingerprint density at radius 1 is 1.04 bits per heavy atom. The largest absolute Gasteiger partial charge is 0.490 e. The van der Waals surface area contributed by atoms with Crippen LogP contribution in [0.4, 0.5) is 0 Å². The SMILES string of the molecule is CCCC(CC)Oc1ccccc1C(=O)Oc1ccc(C(=O)O)cc1. The predicted octanol–water partition coefficient (Wildman–Crippen LogP) is 4.56. The molecule has 25 heavy (non-hydrogen) atoms. The van der Waals surface area contributed by atoms with Crippen LogP contribution in [0.15, 0.2) is 48.5 Å². The average Bonchev–Trinajstić information content (AvgIpc) is 2.62. The van der Waals surface area contributed by atoms with Gasteiger partial charge in [-0.25, -0.2) is 9.59 Å². The first-order valence-corrected chi connectivity index (χ1v) is 8.36. The van der Waals surface area contributed by atoms with E-state index in [-0.39, 0.29) is 17.4 Å². The Balaban J connectivity index is 2.14. The van der Waals surface area contributed by atoms with Crippen LogP contribution in [0.2, 0.25) is 0 Å². The number of hydrogen-bond acceptors (Lipinski definition) is 4. The maximum Gasteiger partial charge on any atom is 0.347 e. The molecule has 132 valence electrons. The van der Waals surface area contributed by atoms with E-state index in [0.717, 1.165) is 19.3 Å². The van der Waals surface area contributed by atoms with E-state index in [1.165, 1.54) is 24.3 Å². The monoisotopic (exact) mass is 342 g/mol. The Kier molecular flexibility index (Phi) is 6.57. The van der Waals surface area contributed by atoms with E-state index in [4.69, 9.17) is 14.6 Å². The van der Waals surface area contributed by atoms with Crippen molar-refractivity contribution in [2.75, 3.05) is 0 Å².